The third-order valence-electron chi connectivity index (χ3n) is 3.34. The molecule has 0 radical (unpaired) electrons. The smallest absolute Gasteiger partial charge is 0.263 e. The van der Waals surface area contributed by atoms with Crippen LogP contribution in [0.3, 0.4) is 0 Å². The zero-order valence-electron chi connectivity index (χ0n) is 12.8. The largest absolute Gasteiger partial charge is 0.485 e. The van der Waals surface area contributed by atoms with Gasteiger partial charge in [-0.3, -0.25) is 9.59 Å². The van der Waals surface area contributed by atoms with Crippen LogP contribution in [0.4, 0.5) is 0 Å². The second-order valence-corrected chi connectivity index (χ2v) is 7.78. The van der Waals surface area contributed by atoms with Crippen LogP contribution in [0.5, 0.6) is 5.75 Å². The van der Waals surface area contributed by atoms with E-state index in [2.05, 4.69) is 21.2 Å². The molecule has 1 saturated heterocycles. The van der Waals surface area contributed by atoms with Gasteiger partial charge in [-0.05, 0) is 35.9 Å². The maximum absolute atomic E-state index is 12.1. The Labute approximate surface area is 162 Å². The van der Waals surface area contributed by atoms with Gasteiger partial charge in [-0.2, -0.15) is 0 Å². The Bertz CT molecular complexity index is 878. The van der Waals surface area contributed by atoms with Crippen LogP contribution in [0, 0.1) is 0 Å². The van der Waals surface area contributed by atoms with Crippen molar-refractivity contribution in [1.29, 1.82) is 0 Å². The fraction of sp³-hybridized carbons (Fsp3) is 0.0556. The van der Waals surface area contributed by atoms with Crippen molar-refractivity contribution in [3.8, 4) is 5.75 Å². The van der Waals surface area contributed by atoms with Crippen molar-refractivity contribution in [2.75, 3.05) is 6.61 Å². The minimum absolute atomic E-state index is 0.0383. The number of ether oxygens (including phenoxy) is 1. The molecule has 0 aliphatic carbocycles. The molecule has 25 heavy (non-hydrogen) atoms. The van der Waals surface area contributed by atoms with Gasteiger partial charge in [-0.25, -0.2) is 0 Å². The van der Waals surface area contributed by atoms with Crippen molar-refractivity contribution in [2.45, 2.75) is 0 Å². The Morgan fingerprint density at radius 1 is 1.24 bits per heavy atom. The van der Waals surface area contributed by atoms with Gasteiger partial charge in [0.05, 0.1) is 4.91 Å². The van der Waals surface area contributed by atoms with Gasteiger partial charge in [-0.15, -0.1) is 0 Å². The molecule has 0 aromatic heterocycles. The number of amides is 1. The predicted molar refractivity (Wildman–Crippen MR) is 107 cm³/mol. The summed E-state index contributed by atoms with van der Waals surface area (Å²) in [4.78, 5) is 24.3. The summed E-state index contributed by atoms with van der Waals surface area (Å²) in [5.41, 5.74) is 1.45. The maximum atomic E-state index is 12.1. The second kappa shape index (κ2) is 7.95. The lowest BCUT2D eigenvalue weighted by Crippen LogP contribution is -2.17. The summed E-state index contributed by atoms with van der Waals surface area (Å²) in [5.74, 6) is 0.305. The van der Waals surface area contributed by atoms with E-state index in [9.17, 15) is 9.59 Å². The molecule has 0 spiro atoms. The summed E-state index contributed by atoms with van der Waals surface area (Å²) < 4.78 is 6.85. The van der Waals surface area contributed by atoms with Gasteiger partial charge in [0.2, 0.25) is 0 Å². The molecule has 2 aromatic carbocycles. The van der Waals surface area contributed by atoms with Crippen molar-refractivity contribution in [3.05, 3.63) is 69.0 Å². The van der Waals surface area contributed by atoms with Crippen LogP contribution < -0.4 is 10.1 Å². The molecule has 1 aliphatic heterocycles. The van der Waals surface area contributed by atoms with Crippen molar-refractivity contribution < 1.29 is 14.3 Å². The highest BCUT2D eigenvalue weighted by molar-refractivity contribution is 9.10. The summed E-state index contributed by atoms with van der Waals surface area (Å²) in [6, 6.07) is 14.3. The number of thioether (sulfide) groups is 1. The fourth-order valence-corrected chi connectivity index (χ4v) is 3.57. The minimum atomic E-state index is -0.185. The summed E-state index contributed by atoms with van der Waals surface area (Å²) >= 11 is 9.53. The Morgan fingerprint density at radius 2 is 2.00 bits per heavy atom. The molecule has 3 rings (SSSR count). The first-order chi connectivity index (χ1) is 12.0. The van der Waals surface area contributed by atoms with E-state index in [1.54, 1.807) is 30.3 Å². The fourth-order valence-electron chi connectivity index (χ4n) is 2.13. The van der Waals surface area contributed by atoms with Crippen LogP contribution in [-0.4, -0.2) is 22.6 Å². The number of rotatable bonds is 5. The molecular weight excluding hydrogens is 422 g/mol. The van der Waals surface area contributed by atoms with E-state index in [-0.39, 0.29) is 18.3 Å². The molecule has 1 aliphatic rings. The molecule has 126 valence electrons. The van der Waals surface area contributed by atoms with E-state index in [0.717, 1.165) is 10.0 Å². The average Bonchev–Trinajstić information content (AvgIpc) is 2.91. The van der Waals surface area contributed by atoms with E-state index in [1.807, 2.05) is 24.3 Å². The molecular formula is C18H12BrNO3S2. The molecule has 7 heteroatoms. The first-order valence-electron chi connectivity index (χ1n) is 7.28. The van der Waals surface area contributed by atoms with Gasteiger partial charge in [0.15, 0.2) is 12.4 Å². The maximum Gasteiger partial charge on any atom is 0.263 e. The third-order valence-corrected chi connectivity index (χ3v) is 4.99. The van der Waals surface area contributed by atoms with Crippen molar-refractivity contribution in [2.24, 2.45) is 0 Å². The van der Waals surface area contributed by atoms with Crippen LogP contribution in [0.2, 0.25) is 0 Å². The van der Waals surface area contributed by atoms with Gasteiger partial charge in [0.1, 0.15) is 10.1 Å². The quantitative estimate of drug-likeness (QED) is 0.434. The monoisotopic (exact) mass is 433 g/mol. The van der Waals surface area contributed by atoms with Crippen LogP contribution in [0.1, 0.15) is 15.9 Å². The topological polar surface area (TPSA) is 55.4 Å². The van der Waals surface area contributed by atoms with Gasteiger partial charge in [0.25, 0.3) is 5.91 Å². The number of ketones is 1. The number of hydrogen-bond donors (Lipinski definition) is 1. The average molecular weight is 434 g/mol. The zero-order chi connectivity index (χ0) is 17.8. The predicted octanol–water partition coefficient (Wildman–Crippen LogP) is 4.20. The SMILES string of the molecule is O=C1NC(=S)S/C1=C\c1ccc(OCC(=O)c2cccc(Br)c2)cc1. The van der Waals surface area contributed by atoms with Crippen LogP contribution >= 0.6 is 39.9 Å². The van der Waals surface area contributed by atoms with Gasteiger partial charge in [-0.1, -0.05) is 64.2 Å². The number of carbonyl (C=O) groups is 2. The molecule has 0 bridgehead atoms. The Hall–Kier alpha value is -1.96. The molecule has 0 saturated carbocycles. The summed E-state index contributed by atoms with van der Waals surface area (Å²) in [6.45, 7) is -0.0383. The molecule has 0 unspecified atom stereocenters. The number of Topliss-reactive ketones (excluding diaryl/α,β-unsaturated/α-hetero) is 1. The summed E-state index contributed by atoms with van der Waals surface area (Å²) in [7, 11) is 0. The van der Waals surface area contributed by atoms with Gasteiger partial charge < -0.3 is 10.1 Å². The van der Waals surface area contributed by atoms with Crippen LogP contribution in [0.15, 0.2) is 57.9 Å². The van der Waals surface area contributed by atoms with Crippen molar-refractivity contribution in [1.82, 2.24) is 5.32 Å². The van der Waals surface area contributed by atoms with E-state index in [4.69, 9.17) is 17.0 Å². The van der Waals surface area contributed by atoms with Gasteiger partial charge in [0, 0.05) is 10.0 Å². The number of carbonyl (C=O) groups excluding carboxylic acids is 2. The molecule has 0 atom stereocenters. The normalized spacial score (nSPS) is 15.3. The van der Waals surface area contributed by atoms with Crippen LogP contribution in [-0.2, 0) is 4.79 Å². The first kappa shape index (κ1) is 17.8. The lowest BCUT2D eigenvalue weighted by Gasteiger charge is -2.06. The van der Waals surface area contributed by atoms with E-state index in [1.165, 1.54) is 11.8 Å². The Morgan fingerprint density at radius 3 is 2.64 bits per heavy atom. The Balaban J connectivity index is 1.61. The molecule has 2 aromatic rings. The van der Waals surface area contributed by atoms with E-state index in [0.29, 0.717) is 20.5 Å². The van der Waals surface area contributed by atoms with Crippen LogP contribution in [0.25, 0.3) is 6.08 Å². The highest BCUT2D eigenvalue weighted by Crippen LogP contribution is 2.26. The molecule has 1 heterocycles. The molecule has 1 fully saturated rings. The minimum Gasteiger partial charge on any atom is -0.485 e. The summed E-state index contributed by atoms with van der Waals surface area (Å²) in [6.07, 6.45) is 1.76. The second-order valence-electron chi connectivity index (χ2n) is 5.14. The molecule has 1 amide bonds. The summed E-state index contributed by atoms with van der Waals surface area (Å²) in [5, 5.41) is 2.57. The van der Waals surface area contributed by atoms with Gasteiger partial charge >= 0.3 is 0 Å². The number of benzene rings is 2. The highest BCUT2D eigenvalue weighted by atomic mass is 79.9. The first-order valence-corrected chi connectivity index (χ1v) is 9.29. The standard InChI is InChI=1S/C18H12BrNO3S2/c19-13-3-1-2-12(9-13)15(21)10-23-14-6-4-11(5-7-14)8-16-17(22)20-18(24)25-16/h1-9H,10H2,(H,20,22,24)/b16-8-. The van der Waals surface area contributed by atoms with Crippen molar-refractivity contribution >= 4 is 62.0 Å². The number of hydrogen-bond acceptors (Lipinski definition) is 5. The third kappa shape index (κ3) is 4.78. The van der Waals surface area contributed by atoms with E-state index < -0.39 is 0 Å². The number of nitrogens with one attached hydrogen (secondary N) is 1. The number of halogens is 1. The van der Waals surface area contributed by atoms with Crippen molar-refractivity contribution in [3.63, 3.8) is 0 Å². The lowest BCUT2D eigenvalue weighted by molar-refractivity contribution is -0.115. The highest BCUT2D eigenvalue weighted by Gasteiger charge is 2.21. The van der Waals surface area contributed by atoms with E-state index >= 15 is 0 Å². The number of thiocarbonyl (C=S) groups is 1. The zero-order valence-corrected chi connectivity index (χ0v) is 16.0. The lowest BCUT2D eigenvalue weighted by atomic mass is 10.1. The Kier molecular flexibility index (Phi) is 5.67. The molecule has 4 nitrogen and oxygen atoms in total. The molecule has 1 N–H and O–H groups in total.